The molecule has 5 nitrogen and oxygen atoms in total. The lowest BCUT2D eigenvalue weighted by atomic mass is 9.95. The van der Waals surface area contributed by atoms with Crippen LogP contribution in [0, 0.1) is 5.41 Å². The number of anilines is 1. The fraction of sp³-hybridized carbons (Fsp3) is 0.611. The van der Waals surface area contributed by atoms with Gasteiger partial charge in [-0.3, -0.25) is 9.63 Å². The Labute approximate surface area is 149 Å². The summed E-state index contributed by atoms with van der Waals surface area (Å²) in [5.41, 5.74) is 4.78. The van der Waals surface area contributed by atoms with Crippen LogP contribution in [0.25, 0.3) is 0 Å². The van der Waals surface area contributed by atoms with Crippen LogP contribution in [0.15, 0.2) is 18.2 Å². The number of hydrazine groups is 1. The van der Waals surface area contributed by atoms with E-state index in [4.69, 9.17) is 16.4 Å². The maximum absolute atomic E-state index is 12.2. The Morgan fingerprint density at radius 1 is 1.29 bits per heavy atom. The molecule has 1 heterocycles. The first-order chi connectivity index (χ1) is 11.4. The molecule has 24 heavy (non-hydrogen) atoms. The smallest absolute Gasteiger partial charge is 0.254 e. The van der Waals surface area contributed by atoms with Gasteiger partial charge in [-0.15, -0.1) is 0 Å². The first kappa shape index (κ1) is 19.0. The van der Waals surface area contributed by atoms with Crippen molar-refractivity contribution in [3.8, 4) is 0 Å². The van der Waals surface area contributed by atoms with E-state index in [0.29, 0.717) is 18.2 Å². The summed E-state index contributed by atoms with van der Waals surface area (Å²) in [4.78, 5) is 17.7. The Kier molecular flexibility index (Phi) is 6.49. The van der Waals surface area contributed by atoms with Gasteiger partial charge >= 0.3 is 0 Å². The Balaban J connectivity index is 2.03. The number of nitrogens with one attached hydrogen (secondary N) is 1. The van der Waals surface area contributed by atoms with Crippen LogP contribution in [0.2, 0.25) is 5.02 Å². The number of hydrogen-bond acceptors (Lipinski definition) is 4. The lowest BCUT2D eigenvalue weighted by molar-refractivity contribution is -0.165. The van der Waals surface area contributed by atoms with Crippen LogP contribution in [-0.2, 0) is 16.2 Å². The topological polar surface area (TPSA) is 44.8 Å². The van der Waals surface area contributed by atoms with Crippen molar-refractivity contribution in [1.29, 1.82) is 0 Å². The van der Waals surface area contributed by atoms with Gasteiger partial charge in [0.25, 0.3) is 5.91 Å². The molecular formula is C18H28ClN3O2. The van der Waals surface area contributed by atoms with Crippen molar-refractivity contribution in [1.82, 2.24) is 10.1 Å². The van der Waals surface area contributed by atoms with Crippen LogP contribution in [0.3, 0.4) is 0 Å². The summed E-state index contributed by atoms with van der Waals surface area (Å²) >= 11 is 6.41. The highest BCUT2D eigenvalue weighted by Gasteiger charge is 2.40. The van der Waals surface area contributed by atoms with Gasteiger partial charge in [0.05, 0.1) is 24.3 Å². The fourth-order valence-electron chi connectivity index (χ4n) is 2.66. The van der Waals surface area contributed by atoms with E-state index >= 15 is 0 Å². The first-order valence-corrected chi connectivity index (χ1v) is 9.00. The molecule has 0 radical (unpaired) electrons. The van der Waals surface area contributed by atoms with E-state index in [1.54, 1.807) is 0 Å². The minimum absolute atomic E-state index is 0.00200. The Hall–Kier alpha value is -1.30. The van der Waals surface area contributed by atoms with E-state index in [2.05, 4.69) is 24.3 Å². The predicted molar refractivity (Wildman–Crippen MR) is 97.5 cm³/mol. The highest BCUT2D eigenvalue weighted by molar-refractivity contribution is 6.31. The van der Waals surface area contributed by atoms with E-state index in [1.807, 2.05) is 32.0 Å². The second kappa shape index (κ2) is 8.19. The van der Waals surface area contributed by atoms with Crippen LogP contribution in [0.4, 0.5) is 5.69 Å². The number of hydrogen-bond donors (Lipinski definition) is 1. The third kappa shape index (κ3) is 4.62. The number of carbonyl (C=O) groups excluding carboxylic acids is 1. The fourth-order valence-corrected chi connectivity index (χ4v) is 2.90. The molecule has 0 bridgehead atoms. The maximum atomic E-state index is 12.2. The molecule has 1 fully saturated rings. The SMILES string of the molecule is CCCN(CCC)Nc1ccc(CN2OCC(C)(C)C2=O)c(Cl)c1. The zero-order valence-corrected chi connectivity index (χ0v) is 15.8. The van der Waals surface area contributed by atoms with Crippen molar-refractivity contribution in [2.75, 3.05) is 25.1 Å². The number of hydroxylamine groups is 2. The van der Waals surface area contributed by atoms with Gasteiger partial charge in [0.15, 0.2) is 0 Å². The molecule has 0 unspecified atom stereocenters. The molecule has 1 aromatic rings. The van der Waals surface area contributed by atoms with Crippen LogP contribution < -0.4 is 5.43 Å². The summed E-state index contributed by atoms with van der Waals surface area (Å²) < 4.78 is 0. The molecule has 134 valence electrons. The summed E-state index contributed by atoms with van der Waals surface area (Å²) in [6.07, 6.45) is 2.17. The maximum Gasteiger partial charge on any atom is 0.254 e. The number of rotatable bonds is 8. The van der Waals surface area contributed by atoms with Gasteiger partial charge < -0.3 is 5.43 Å². The van der Waals surface area contributed by atoms with E-state index in [1.165, 1.54) is 5.06 Å². The molecule has 0 spiro atoms. The van der Waals surface area contributed by atoms with Crippen LogP contribution in [0.1, 0.15) is 46.1 Å². The Bertz CT molecular complexity index is 571. The van der Waals surface area contributed by atoms with Crippen LogP contribution in [-0.4, -0.2) is 35.7 Å². The molecule has 6 heteroatoms. The summed E-state index contributed by atoms with van der Waals surface area (Å²) in [5.74, 6) is -0.00200. The van der Waals surface area contributed by atoms with E-state index < -0.39 is 5.41 Å². The van der Waals surface area contributed by atoms with Gasteiger partial charge in [-0.05, 0) is 44.4 Å². The molecule has 1 aliphatic heterocycles. The van der Waals surface area contributed by atoms with Crippen LogP contribution in [0.5, 0.6) is 0 Å². The van der Waals surface area contributed by atoms with E-state index in [9.17, 15) is 4.79 Å². The van der Waals surface area contributed by atoms with Crippen LogP contribution >= 0.6 is 11.6 Å². The first-order valence-electron chi connectivity index (χ1n) is 8.62. The highest BCUT2D eigenvalue weighted by Crippen LogP contribution is 2.30. The normalized spacial score (nSPS) is 16.9. The van der Waals surface area contributed by atoms with E-state index in [0.717, 1.165) is 37.2 Å². The molecule has 1 amide bonds. The monoisotopic (exact) mass is 353 g/mol. The molecule has 1 N–H and O–H groups in total. The second-order valence-corrected chi connectivity index (χ2v) is 7.31. The van der Waals surface area contributed by atoms with Crippen molar-refractivity contribution >= 4 is 23.2 Å². The van der Waals surface area contributed by atoms with Crippen molar-refractivity contribution in [2.24, 2.45) is 5.41 Å². The molecule has 1 aromatic carbocycles. The summed E-state index contributed by atoms with van der Waals surface area (Å²) in [6.45, 7) is 10.8. The molecule has 0 aliphatic carbocycles. The minimum Gasteiger partial charge on any atom is -0.319 e. The zero-order chi connectivity index (χ0) is 17.7. The zero-order valence-electron chi connectivity index (χ0n) is 15.1. The van der Waals surface area contributed by atoms with Gasteiger partial charge in [0.2, 0.25) is 0 Å². The van der Waals surface area contributed by atoms with Gasteiger partial charge in [-0.1, -0.05) is 31.5 Å². The largest absolute Gasteiger partial charge is 0.319 e. The second-order valence-electron chi connectivity index (χ2n) is 6.90. The average Bonchev–Trinajstić information content (AvgIpc) is 2.77. The molecule has 0 aromatic heterocycles. The quantitative estimate of drug-likeness (QED) is 0.715. The van der Waals surface area contributed by atoms with Crippen molar-refractivity contribution in [3.05, 3.63) is 28.8 Å². The summed E-state index contributed by atoms with van der Waals surface area (Å²) in [6, 6.07) is 5.84. The molecular weight excluding hydrogens is 326 g/mol. The summed E-state index contributed by atoms with van der Waals surface area (Å²) in [7, 11) is 0. The third-order valence-corrected chi connectivity index (χ3v) is 4.38. The predicted octanol–water partition coefficient (Wildman–Crippen LogP) is 4.09. The average molecular weight is 354 g/mol. The summed E-state index contributed by atoms with van der Waals surface area (Å²) in [5, 5.41) is 4.24. The Morgan fingerprint density at radius 2 is 1.96 bits per heavy atom. The number of amides is 1. The molecule has 1 aliphatic rings. The van der Waals surface area contributed by atoms with Crippen molar-refractivity contribution < 1.29 is 9.63 Å². The Morgan fingerprint density at radius 3 is 2.46 bits per heavy atom. The van der Waals surface area contributed by atoms with Crippen molar-refractivity contribution in [2.45, 2.75) is 47.1 Å². The lowest BCUT2D eigenvalue weighted by Gasteiger charge is -2.24. The standard InChI is InChI=1S/C18H28ClN3O2/c1-5-9-21(10-6-2)20-15-8-7-14(16(19)11-15)12-22-17(23)18(3,4)13-24-22/h7-8,11,20H,5-6,9-10,12-13H2,1-4H3. The molecule has 0 saturated carbocycles. The third-order valence-electron chi connectivity index (χ3n) is 4.03. The van der Waals surface area contributed by atoms with Gasteiger partial charge in [-0.2, -0.15) is 0 Å². The van der Waals surface area contributed by atoms with E-state index in [-0.39, 0.29) is 5.91 Å². The number of benzene rings is 1. The van der Waals surface area contributed by atoms with Gasteiger partial charge in [0, 0.05) is 18.1 Å². The number of nitrogens with zero attached hydrogens (tertiary/aromatic N) is 2. The number of halogens is 1. The minimum atomic E-state index is -0.464. The number of carbonyl (C=O) groups is 1. The molecule has 2 rings (SSSR count). The van der Waals surface area contributed by atoms with Gasteiger partial charge in [-0.25, -0.2) is 10.1 Å². The molecule has 0 atom stereocenters. The lowest BCUT2D eigenvalue weighted by Crippen LogP contribution is -2.31. The van der Waals surface area contributed by atoms with Crippen molar-refractivity contribution in [3.63, 3.8) is 0 Å². The molecule has 1 saturated heterocycles. The van der Waals surface area contributed by atoms with Gasteiger partial charge in [0.1, 0.15) is 0 Å². The highest BCUT2D eigenvalue weighted by atomic mass is 35.5.